The lowest BCUT2D eigenvalue weighted by atomic mass is 10.1. The van der Waals surface area contributed by atoms with Crippen LogP contribution >= 0.6 is 0 Å². The monoisotopic (exact) mass is 415 g/mol. The van der Waals surface area contributed by atoms with Crippen LogP contribution in [0, 0.1) is 0 Å². The Bertz CT molecular complexity index is 745. The second kappa shape index (κ2) is 12.9. The summed E-state index contributed by atoms with van der Waals surface area (Å²) in [6.07, 6.45) is 1.69. The van der Waals surface area contributed by atoms with Gasteiger partial charge in [0.2, 0.25) is 0 Å². The molecule has 0 radical (unpaired) electrons. The van der Waals surface area contributed by atoms with Crippen LogP contribution in [0.3, 0.4) is 0 Å². The molecule has 0 atom stereocenters. The molecule has 0 saturated carbocycles. The predicted octanol–water partition coefficient (Wildman–Crippen LogP) is 3.39. The summed E-state index contributed by atoms with van der Waals surface area (Å²) < 4.78 is 11.3. The topological polar surface area (TPSA) is 74.9 Å². The van der Waals surface area contributed by atoms with Crippen LogP contribution in [0.5, 0.6) is 5.75 Å². The van der Waals surface area contributed by atoms with Gasteiger partial charge < -0.3 is 24.8 Å². The normalized spacial score (nSPS) is 11.7. The number of hydrogen-bond donors (Lipinski definition) is 2. The van der Waals surface area contributed by atoms with Crippen LogP contribution < -0.4 is 15.4 Å². The molecule has 1 aromatic carbocycles. The summed E-state index contributed by atoms with van der Waals surface area (Å²) in [5, 5.41) is 10.9. The molecule has 166 valence electrons. The van der Waals surface area contributed by atoms with E-state index >= 15 is 0 Å². The minimum atomic E-state index is 0.648. The molecule has 0 spiro atoms. The first kappa shape index (κ1) is 23.7. The first-order valence-corrected chi connectivity index (χ1v) is 11.0. The van der Waals surface area contributed by atoms with E-state index in [1.54, 1.807) is 7.05 Å². The summed E-state index contributed by atoms with van der Waals surface area (Å²) in [5.74, 6) is 2.59. The lowest BCUT2D eigenvalue weighted by Gasteiger charge is -2.18. The van der Waals surface area contributed by atoms with Gasteiger partial charge in [0.1, 0.15) is 18.1 Å². The van der Waals surface area contributed by atoms with E-state index in [1.165, 1.54) is 5.56 Å². The molecule has 0 fully saturated rings. The number of nitrogens with one attached hydrogen (secondary N) is 2. The lowest BCUT2D eigenvalue weighted by Crippen LogP contribution is -2.36. The zero-order valence-corrected chi connectivity index (χ0v) is 19.1. The van der Waals surface area contributed by atoms with Crippen LogP contribution in [-0.4, -0.2) is 49.3 Å². The van der Waals surface area contributed by atoms with Crippen LogP contribution in [-0.2, 0) is 25.9 Å². The number of aryl methyl sites for hydroxylation is 2. The Hall–Kier alpha value is -2.54. The third kappa shape index (κ3) is 7.06. The maximum absolute atomic E-state index is 5.85. The molecule has 30 heavy (non-hydrogen) atoms. The van der Waals surface area contributed by atoms with Gasteiger partial charge in [-0.1, -0.05) is 45.0 Å². The molecule has 0 unspecified atom stereocenters. The first-order valence-electron chi connectivity index (χ1n) is 11.0. The summed E-state index contributed by atoms with van der Waals surface area (Å²) in [7, 11) is 1.78. The third-order valence-corrected chi connectivity index (χ3v) is 5.22. The Labute approximate surface area is 180 Å². The number of benzene rings is 1. The number of hydrogen-bond acceptors (Lipinski definition) is 5. The molecule has 7 heteroatoms. The fraction of sp³-hybridized carbons (Fsp3) is 0.565. The highest BCUT2D eigenvalue weighted by Gasteiger charge is 2.13. The van der Waals surface area contributed by atoms with Gasteiger partial charge in [0.15, 0.2) is 5.96 Å². The fourth-order valence-corrected chi connectivity index (χ4v) is 3.25. The highest BCUT2D eigenvalue weighted by atomic mass is 16.5. The molecule has 1 aromatic heterocycles. The van der Waals surface area contributed by atoms with Gasteiger partial charge in [-0.15, -0.1) is 0 Å². The largest absolute Gasteiger partial charge is 0.492 e. The number of guanidine groups is 1. The van der Waals surface area contributed by atoms with Gasteiger partial charge in [-0.25, -0.2) is 0 Å². The van der Waals surface area contributed by atoms with Crippen LogP contribution in [0.4, 0.5) is 0 Å². The van der Waals surface area contributed by atoms with Gasteiger partial charge in [-0.3, -0.25) is 4.99 Å². The van der Waals surface area contributed by atoms with Crippen molar-refractivity contribution in [3.05, 3.63) is 46.8 Å². The van der Waals surface area contributed by atoms with E-state index in [0.717, 1.165) is 61.2 Å². The molecular weight excluding hydrogens is 378 g/mol. The molecule has 0 amide bonds. The van der Waals surface area contributed by atoms with Crippen molar-refractivity contribution in [1.29, 1.82) is 0 Å². The molecule has 0 bridgehead atoms. The highest BCUT2D eigenvalue weighted by Crippen LogP contribution is 2.15. The van der Waals surface area contributed by atoms with Crippen molar-refractivity contribution in [2.75, 3.05) is 33.3 Å². The summed E-state index contributed by atoms with van der Waals surface area (Å²) in [4.78, 5) is 6.67. The third-order valence-electron chi connectivity index (χ3n) is 5.22. The molecule has 2 aromatic rings. The van der Waals surface area contributed by atoms with Crippen LogP contribution in [0.25, 0.3) is 0 Å². The van der Waals surface area contributed by atoms with Crippen molar-refractivity contribution < 1.29 is 9.26 Å². The van der Waals surface area contributed by atoms with Crippen molar-refractivity contribution in [3.8, 4) is 5.75 Å². The van der Waals surface area contributed by atoms with Crippen molar-refractivity contribution >= 4 is 5.96 Å². The SMILES string of the molecule is CCc1noc(CC)c1CNC(=NC)NCc1ccc(OCCN(CC)CC)cc1. The molecule has 0 aliphatic heterocycles. The molecule has 1 heterocycles. The Morgan fingerprint density at radius 2 is 1.73 bits per heavy atom. The molecule has 0 aliphatic rings. The zero-order valence-electron chi connectivity index (χ0n) is 19.1. The summed E-state index contributed by atoms with van der Waals surface area (Å²) in [5.41, 5.74) is 3.31. The average Bonchev–Trinajstić information content (AvgIpc) is 3.19. The number of rotatable bonds is 12. The van der Waals surface area contributed by atoms with E-state index in [4.69, 9.17) is 9.26 Å². The van der Waals surface area contributed by atoms with E-state index in [2.05, 4.69) is 65.5 Å². The van der Waals surface area contributed by atoms with Crippen molar-refractivity contribution in [2.24, 2.45) is 4.99 Å². The molecular formula is C23H37N5O2. The number of likely N-dealkylation sites (N-methyl/N-ethyl adjacent to an activating group) is 1. The second-order valence-corrected chi connectivity index (χ2v) is 7.04. The van der Waals surface area contributed by atoms with Gasteiger partial charge in [0, 0.05) is 38.7 Å². The number of aromatic nitrogens is 1. The summed E-state index contributed by atoms with van der Waals surface area (Å²) in [6.45, 7) is 13.6. The van der Waals surface area contributed by atoms with Crippen LogP contribution in [0.2, 0.25) is 0 Å². The molecule has 0 aliphatic carbocycles. The standard InChI is InChI=1S/C23H37N5O2/c1-6-21-20(22(7-2)30-27-21)17-26-23(24-5)25-16-18-10-12-19(13-11-18)29-15-14-28(8-3)9-4/h10-13H,6-9,14-17H2,1-5H3,(H2,24,25,26). The lowest BCUT2D eigenvalue weighted by molar-refractivity contribution is 0.223. The number of aliphatic imine (C=N–C) groups is 1. The fourth-order valence-electron chi connectivity index (χ4n) is 3.25. The van der Waals surface area contributed by atoms with Crippen molar-refractivity contribution in [1.82, 2.24) is 20.7 Å². The van der Waals surface area contributed by atoms with E-state index in [1.807, 2.05) is 12.1 Å². The summed E-state index contributed by atoms with van der Waals surface area (Å²) >= 11 is 0. The van der Waals surface area contributed by atoms with Crippen LogP contribution in [0.1, 0.15) is 50.3 Å². The van der Waals surface area contributed by atoms with E-state index in [9.17, 15) is 0 Å². The maximum atomic E-state index is 5.85. The number of ether oxygens (including phenoxy) is 1. The first-order chi connectivity index (χ1) is 14.6. The predicted molar refractivity (Wildman–Crippen MR) is 122 cm³/mol. The van der Waals surface area contributed by atoms with Gasteiger partial charge in [0.25, 0.3) is 0 Å². The van der Waals surface area contributed by atoms with Gasteiger partial charge in [-0.05, 0) is 37.2 Å². The minimum absolute atomic E-state index is 0.648. The van der Waals surface area contributed by atoms with E-state index in [-0.39, 0.29) is 0 Å². The smallest absolute Gasteiger partial charge is 0.191 e. The van der Waals surface area contributed by atoms with Gasteiger partial charge >= 0.3 is 0 Å². The Morgan fingerprint density at radius 1 is 1.03 bits per heavy atom. The highest BCUT2D eigenvalue weighted by molar-refractivity contribution is 5.79. The molecule has 7 nitrogen and oxygen atoms in total. The van der Waals surface area contributed by atoms with Crippen molar-refractivity contribution in [3.63, 3.8) is 0 Å². The molecule has 0 saturated heterocycles. The summed E-state index contributed by atoms with van der Waals surface area (Å²) in [6, 6.07) is 8.20. The van der Waals surface area contributed by atoms with E-state index < -0.39 is 0 Å². The maximum Gasteiger partial charge on any atom is 0.191 e. The van der Waals surface area contributed by atoms with E-state index in [0.29, 0.717) is 19.7 Å². The second-order valence-electron chi connectivity index (χ2n) is 7.04. The Kier molecular flexibility index (Phi) is 10.2. The molecule has 2 N–H and O–H groups in total. The van der Waals surface area contributed by atoms with Crippen LogP contribution in [0.15, 0.2) is 33.8 Å². The zero-order chi connectivity index (χ0) is 21.8. The minimum Gasteiger partial charge on any atom is -0.492 e. The quantitative estimate of drug-likeness (QED) is 0.409. The van der Waals surface area contributed by atoms with Gasteiger partial charge in [0.05, 0.1) is 5.69 Å². The molecule has 2 rings (SSSR count). The van der Waals surface area contributed by atoms with Crippen molar-refractivity contribution in [2.45, 2.75) is 53.6 Å². The average molecular weight is 416 g/mol. The van der Waals surface area contributed by atoms with Gasteiger partial charge in [-0.2, -0.15) is 0 Å². The Balaban J connectivity index is 1.80. The number of nitrogens with zero attached hydrogens (tertiary/aromatic N) is 3. The Morgan fingerprint density at radius 3 is 2.33 bits per heavy atom.